The third kappa shape index (κ3) is 2.97. The Hall–Kier alpha value is -2.26. The number of hydrogen-bond acceptors (Lipinski definition) is 3. The highest BCUT2D eigenvalue weighted by molar-refractivity contribution is 5.91. The molecule has 1 atom stereocenters. The molecule has 3 rings (SSSR count). The molecule has 0 fully saturated rings. The van der Waals surface area contributed by atoms with Crippen molar-refractivity contribution in [3.8, 4) is 11.5 Å². The molecule has 0 spiro atoms. The molecule has 3 heteroatoms. The molecule has 23 heavy (non-hydrogen) atoms. The Morgan fingerprint density at radius 1 is 0.957 bits per heavy atom. The fourth-order valence-corrected chi connectivity index (χ4v) is 2.89. The van der Waals surface area contributed by atoms with Crippen molar-refractivity contribution in [1.82, 2.24) is 0 Å². The standard InChI is InChI=1S/C20H22O3/c1-4-22-18-11-15-10-16(14-8-6-13(3)7-9-14)20(21)17(15)12-19(18)23-5-2/h6-12,20-21H,4-5H2,1-3H3. The zero-order valence-corrected chi connectivity index (χ0v) is 13.8. The Kier molecular flexibility index (Phi) is 4.39. The first-order valence-electron chi connectivity index (χ1n) is 8.04. The Bertz CT molecular complexity index is 729. The summed E-state index contributed by atoms with van der Waals surface area (Å²) in [4.78, 5) is 0. The van der Waals surface area contributed by atoms with Gasteiger partial charge in [0.1, 0.15) is 6.10 Å². The van der Waals surface area contributed by atoms with Gasteiger partial charge in [-0.05, 0) is 61.2 Å². The van der Waals surface area contributed by atoms with E-state index in [2.05, 4.69) is 19.1 Å². The summed E-state index contributed by atoms with van der Waals surface area (Å²) in [5, 5.41) is 10.7. The molecule has 1 aliphatic carbocycles. The van der Waals surface area contributed by atoms with E-state index >= 15 is 0 Å². The molecule has 2 aromatic carbocycles. The lowest BCUT2D eigenvalue weighted by Gasteiger charge is -2.15. The van der Waals surface area contributed by atoms with Gasteiger partial charge in [-0.1, -0.05) is 29.8 Å². The van der Waals surface area contributed by atoms with Gasteiger partial charge in [0.15, 0.2) is 11.5 Å². The lowest BCUT2D eigenvalue weighted by atomic mass is 10.00. The number of aliphatic hydroxyl groups is 1. The second-order valence-electron chi connectivity index (χ2n) is 5.66. The first kappa shape index (κ1) is 15.6. The zero-order chi connectivity index (χ0) is 16.4. The van der Waals surface area contributed by atoms with Crippen molar-refractivity contribution in [2.24, 2.45) is 0 Å². The average Bonchev–Trinajstić information content (AvgIpc) is 2.85. The topological polar surface area (TPSA) is 38.7 Å². The van der Waals surface area contributed by atoms with Crippen molar-refractivity contribution in [2.45, 2.75) is 26.9 Å². The maximum absolute atomic E-state index is 10.7. The molecule has 0 radical (unpaired) electrons. The first-order chi connectivity index (χ1) is 11.1. The van der Waals surface area contributed by atoms with Crippen molar-refractivity contribution >= 4 is 11.6 Å². The van der Waals surface area contributed by atoms with Crippen LogP contribution in [0.25, 0.3) is 11.6 Å². The van der Waals surface area contributed by atoms with E-state index in [-0.39, 0.29) is 0 Å². The van der Waals surface area contributed by atoms with Gasteiger partial charge in [0.25, 0.3) is 0 Å². The summed E-state index contributed by atoms with van der Waals surface area (Å²) < 4.78 is 11.3. The van der Waals surface area contributed by atoms with E-state index in [9.17, 15) is 5.11 Å². The minimum atomic E-state index is -0.636. The SMILES string of the molecule is CCOc1cc2c(cc1OCC)C(O)C(c1ccc(C)cc1)=C2. The predicted molar refractivity (Wildman–Crippen MR) is 92.8 cm³/mol. The van der Waals surface area contributed by atoms with E-state index in [4.69, 9.17) is 9.47 Å². The van der Waals surface area contributed by atoms with Crippen LogP contribution < -0.4 is 9.47 Å². The quantitative estimate of drug-likeness (QED) is 0.890. The molecule has 120 valence electrons. The summed E-state index contributed by atoms with van der Waals surface area (Å²) in [6.45, 7) is 7.09. The van der Waals surface area contributed by atoms with Crippen LogP contribution in [0, 0.1) is 6.92 Å². The van der Waals surface area contributed by atoms with Gasteiger partial charge >= 0.3 is 0 Å². The summed E-state index contributed by atoms with van der Waals surface area (Å²) >= 11 is 0. The number of aryl methyl sites for hydroxylation is 1. The largest absolute Gasteiger partial charge is 0.490 e. The van der Waals surface area contributed by atoms with Crippen LogP contribution in [0.4, 0.5) is 0 Å². The molecule has 0 bridgehead atoms. The summed E-state index contributed by atoms with van der Waals surface area (Å²) in [6.07, 6.45) is 1.39. The van der Waals surface area contributed by atoms with Gasteiger partial charge in [0, 0.05) is 0 Å². The maximum Gasteiger partial charge on any atom is 0.161 e. The summed E-state index contributed by atoms with van der Waals surface area (Å²) in [6, 6.07) is 12.1. The van der Waals surface area contributed by atoms with Crippen LogP contribution in [0.1, 0.15) is 42.2 Å². The molecule has 0 saturated carbocycles. The lowest BCUT2D eigenvalue weighted by Crippen LogP contribution is -2.02. The third-order valence-corrected chi connectivity index (χ3v) is 4.03. The van der Waals surface area contributed by atoms with E-state index in [1.54, 1.807) is 0 Å². The van der Waals surface area contributed by atoms with E-state index in [0.717, 1.165) is 28.0 Å². The van der Waals surface area contributed by atoms with E-state index in [1.807, 2.05) is 44.2 Å². The van der Waals surface area contributed by atoms with Crippen molar-refractivity contribution in [2.75, 3.05) is 13.2 Å². The van der Waals surface area contributed by atoms with Gasteiger partial charge in [-0.2, -0.15) is 0 Å². The van der Waals surface area contributed by atoms with Gasteiger partial charge < -0.3 is 14.6 Å². The smallest absolute Gasteiger partial charge is 0.161 e. The lowest BCUT2D eigenvalue weighted by molar-refractivity contribution is 0.239. The monoisotopic (exact) mass is 310 g/mol. The van der Waals surface area contributed by atoms with Crippen LogP contribution in [0.3, 0.4) is 0 Å². The number of hydrogen-bond donors (Lipinski definition) is 1. The molecule has 0 aromatic heterocycles. The van der Waals surface area contributed by atoms with E-state index in [0.29, 0.717) is 19.0 Å². The molecule has 0 heterocycles. The van der Waals surface area contributed by atoms with E-state index in [1.165, 1.54) is 5.56 Å². The summed E-state index contributed by atoms with van der Waals surface area (Å²) in [5.41, 5.74) is 5.01. The number of benzene rings is 2. The minimum absolute atomic E-state index is 0.563. The molecule has 1 aliphatic rings. The van der Waals surface area contributed by atoms with Gasteiger partial charge in [-0.25, -0.2) is 0 Å². The Morgan fingerprint density at radius 3 is 2.17 bits per heavy atom. The van der Waals surface area contributed by atoms with Gasteiger partial charge in [-0.3, -0.25) is 0 Å². The number of fused-ring (bicyclic) bond motifs is 1. The van der Waals surface area contributed by atoms with Crippen LogP contribution >= 0.6 is 0 Å². The number of rotatable bonds is 5. The zero-order valence-electron chi connectivity index (χ0n) is 13.8. The van der Waals surface area contributed by atoms with Crippen molar-refractivity contribution in [3.63, 3.8) is 0 Å². The van der Waals surface area contributed by atoms with Gasteiger partial charge in [-0.15, -0.1) is 0 Å². The highest BCUT2D eigenvalue weighted by Crippen LogP contribution is 2.44. The van der Waals surface area contributed by atoms with Crippen LogP contribution in [0.15, 0.2) is 36.4 Å². The fraction of sp³-hybridized carbons (Fsp3) is 0.300. The molecule has 0 aliphatic heterocycles. The molecular formula is C20H22O3. The van der Waals surface area contributed by atoms with Gasteiger partial charge in [0.2, 0.25) is 0 Å². The van der Waals surface area contributed by atoms with Crippen LogP contribution in [-0.4, -0.2) is 18.3 Å². The Labute approximate surface area is 137 Å². The van der Waals surface area contributed by atoms with Crippen LogP contribution in [0.5, 0.6) is 11.5 Å². The van der Waals surface area contributed by atoms with E-state index < -0.39 is 6.10 Å². The summed E-state index contributed by atoms with van der Waals surface area (Å²) in [5.74, 6) is 1.41. The molecule has 1 unspecified atom stereocenters. The Morgan fingerprint density at radius 2 is 1.57 bits per heavy atom. The van der Waals surface area contributed by atoms with Crippen LogP contribution in [-0.2, 0) is 0 Å². The second kappa shape index (κ2) is 6.47. The molecular weight excluding hydrogens is 288 g/mol. The highest BCUT2D eigenvalue weighted by Gasteiger charge is 2.26. The maximum atomic E-state index is 10.7. The van der Waals surface area contributed by atoms with Crippen molar-refractivity contribution < 1.29 is 14.6 Å². The van der Waals surface area contributed by atoms with Crippen LogP contribution in [0.2, 0.25) is 0 Å². The normalized spacial score (nSPS) is 16.0. The van der Waals surface area contributed by atoms with Gasteiger partial charge in [0.05, 0.1) is 13.2 Å². The highest BCUT2D eigenvalue weighted by atomic mass is 16.5. The second-order valence-corrected chi connectivity index (χ2v) is 5.66. The summed E-state index contributed by atoms with van der Waals surface area (Å²) in [7, 11) is 0. The first-order valence-corrected chi connectivity index (χ1v) is 8.04. The van der Waals surface area contributed by atoms with Crippen molar-refractivity contribution in [1.29, 1.82) is 0 Å². The predicted octanol–water partition coefficient (Wildman–Crippen LogP) is 4.38. The van der Waals surface area contributed by atoms with Crippen molar-refractivity contribution in [3.05, 3.63) is 58.7 Å². The minimum Gasteiger partial charge on any atom is -0.490 e. The molecule has 0 saturated heterocycles. The molecule has 1 N–H and O–H groups in total. The Balaban J connectivity index is 2.01. The third-order valence-electron chi connectivity index (χ3n) is 4.03. The molecule has 0 amide bonds. The number of ether oxygens (including phenoxy) is 2. The molecule has 3 nitrogen and oxygen atoms in total. The molecule has 2 aromatic rings. The number of aliphatic hydroxyl groups excluding tert-OH is 1. The fourth-order valence-electron chi connectivity index (χ4n) is 2.89. The average molecular weight is 310 g/mol.